The van der Waals surface area contributed by atoms with Crippen molar-refractivity contribution in [3.8, 4) is 33.6 Å². The summed E-state index contributed by atoms with van der Waals surface area (Å²) in [6.07, 6.45) is 6.10. The maximum absolute atomic E-state index is 6.46. The summed E-state index contributed by atoms with van der Waals surface area (Å²) in [7, 11) is -1.37. The van der Waals surface area contributed by atoms with Crippen LogP contribution in [0.25, 0.3) is 55.6 Å². The van der Waals surface area contributed by atoms with Gasteiger partial charge in [-0.1, -0.05) is 78.4 Å². The summed E-state index contributed by atoms with van der Waals surface area (Å²) >= 11 is -1.82. The first-order chi connectivity index (χ1) is 25.7. The van der Waals surface area contributed by atoms with Gasteiger partial charge in [0.25, 0.3) is 0 Å². The predicted molar refractivity (Wildman–Crippen MR) is 242 cm³/mol. The second-order valence-electron chi connectivity index (χ2n) is 19.5. The van der Waals surface area contributed by atoms with E-state index in [1.807, 2.05) is 30.5 Å². The molecule has 6 heteroatoms. The van der Waals surface area contributed by atoms with Crippen molar-refractivity contribution in [2.45, 2.75) is 91.3 Å². The minimum Gasteiger partial charge on any atom is 0 e. The van der Waals surface area contributed by atoms with Gasteiger partial charge in [-0.3, -0.25) is 0 Å². The molecular formula is C50H58GeIrN2OSi-2. The van der Waals surface area contributed by atoms with Gasteiger partial charge in [0.2, 0.25) is 0 Å². The van der Waals surface area contributed by atoms with E-state index in [4.69, 9.17) is 9.40 Å². The second-order valence-corrected chi connectivity index (χ2v) is 35.2. The van der Waals surface area contributed by atoms with Crippen molar-refractivity contribution in [2.75, 3.05) is 0 Å². The first-order valence-electron chi connectivity index (χ1n) is 19.6. The molecule has 3 aromatic heterocycles. The molecule has 3 nitrogen and oxygen atoms in total. The topological polar surface area (TPSA) is 38.9 Å². The number of hydrogen-bond donors (Lipinski definition) is 0. The predicted octanol–water partition coefficient (Wildman–Crippen LogP) is 12.9. The standard InChI is InChI=1S/C31H32GeNO.C19H26NSi.Ir/c1-31(2,3)20-21-16-17-33-28(18-21)27-9-7-8-26-25-15-12-23(19-29(25)34-30(26)27)22-10-13-24(14-11-22)32(4,5)6;1-19(2,3)13-16-12-17(15-10-8-7-9-11-15)20-14-18(16)21(4,5)6;/h7-8,10-19H,20H2,1-6H3;7-10,12,14H,13H2,1-6H3;/q2*-1;. The van der Waals surface area contributed by atoms with Gasteiger partial charge in [-0.25, -0.2) is 0 Å². The van der Waals surface area contributed by atoms with Crippen LogP contribution >= 0.6 is 0 Å². The molecule has 4 aromatic carbocycles. The Kier molecular flexibility index (Phi) is 13.3. The van der Waals surface area contributed by atoms with E-state index in [9.17, 15) is 0 Å². The van der Waals surface area contributed by atoms with E-state index in [-0.39, 0.29) is 30.9 Å². The SMILES string of the molecule is CC(C)(C)Cc1cc(-c2[c-]cccc2)ncc1[Si](C)(C)C.CC(C)(C)Cc1ccnc(-c2[c-]ccc3c2oc2cc(-c4cc[c]([Ge]([CH3])([CH3])[CH3])cc4)ccc23)c1.[Ir]. The average molecular weight is 996 g/mol. The molecule has 1 radical (unpaired) electrons. The molecule has 0 saturated heterocycles. The number of pyridine rings is 2. The van der Waals surface area contributed by atoms with Gasteiger partial charge in [0.15, 0.2) is 0 Å². The van der Waals surface area contributed by atoms with Crippen LogP contribution in [0.5, 0.6) is 0 Å². The summed E-state index contributed by atoms with van der Waals surface area (Å²) in [5, 5.41) is 3.72. The van der Waals surface area contributed by atoms with E-state index in [1.54, 1.807) is 0 Å². The van der Waals surface area contributed by atoms with E-state index in [1.165, 1.54) is 31.8 Å². The summed E-state index contributed by atoms with van der Waals surface area (Å²) in [5.41, 5.74) is 11.4. The van der Waals surface area contributed by atoms with Crippen LogP contribution in [-0.4, -0.2) is 31.3 Å². The number of furan rings is 1. The number of hydrogen-bond acceptors (Lipinski definition) is 3. The summed E-state index contributed by atoms with van der Waals surface area (Å²) in [6, 6.07) is 41.0. The summed E-state index contributed by atoms with van der Waals surface area (Å²) in [4.78, 5) is 9.38. The average Bonchev–Trinajstić information content (AvgIpc) is 3.48. The number of benzene rings is 4. The zero-order valence-electron chi connectivity index (χ0n) is 35.4. The third-order valence-corrected chi connectivity index (χ3v) is 16.2. The van der Waals surface area contributed by atoms with Crippen LogP contribution in [0.1, 0.15) is 52.7 Å². The fourth-order valence-electron chi connectivity index (χ4n) is 7.20. The van der Waals surface area contributed by atoms with Gasteiger partial charge in [-0.05, 0) is 40.6 Å². The van der Waals surface area contributed by atoms with Gasteiger partial charge < -0.3 is 4.98 Å². The van der Waals surface area contributed by atoms with Crippen LogP contribution in [0.4, 0.5) is 0 Å². The molecule has 7 rings (SSSR count). The number of aromatic nitrogens is 2. The number of fused-ring (bicyclic) bond motifs is 3. The first kappa shape index (κ1) is 43.5. The maximum atomic E-state index is 6.46. The van der Waals surface area contributed by atoms with Gasteiger partial charge in [-0.2, -0.15) is 0 Å². The van der Waals surface area contributed by atoms with Gasteiger partial charge >= 0.3 is 155 Å². The minimum atomic E-state index is -1.82. The molecule has 56 heavy (non-hydrogen) atoms. The zero-order chi connectivity index (χ0) is 39.8. The Morgan fingerprint density at radius 2 is 1.38 bits per heavy atom. The van der Waals surface area contributed by atoms with Crippen LogP contribution in [0.3, 0.4) is 0 Å². The zero-order valence-corrected chi connectivity index (χ0v) is 40.9. The van der Waals surface area contributed by atoms with Gasteiger partial charge in [0, 0.05) is 32.5 Å². The Morgan fingerprint density at radius 1 is 0.679 bits per heavy atom. The molecule has 0 fully saturated rings. The molecule has 0 aliphatic rings. The fraction of sp³-hybridized carbons (Fsp3) is 0.320. The van der Waals surface area contributed by atoms with Crippen LogP contribution in [-0.2, 0) is 32.9 Å². The Balaban J connectivity index is 0.000000236. The van der Waals surface area contributed by atoms with Crippen LogP contribution in [0, 0.1) is 23.0 Å². The van der Waals surface area contributed by atoms with E-state index in [0.29, 0.717) is 0 Å². The van der Waals surface area contributed by atoms with Crippen LogP contribution in [0.2, 0.25) is 36.9 Å². The molecule has 0 bridgehead atoms. The minimum absolute atomic E-state index is 0. The summed E-state index contributed by atoms with van der Waals surface area (Å²) < 4.78 is 7.98. The molecule has 7 aromatic rings. The van der Waals surface area contributed by atoms with E-state index < -0.39 is 21.3 Å². The van der Waals surface area contributed by atoms with Crippen molar-refractivity contribution < 1.29 is 24.5 Å². The third kappa shape index (κ3) is 10.9. The van der Waals surface area contributed by atoms with Crippen LogP contribution < -0.4 is 9.58 Å². The molecule has 0 amide bonds. The smallest absolute Gasteiger partial charge is 0 e. The van der Waals surface area contributed by atoms with Gasteiger partial charge in [-0.15, -0.1) is 35.9 Å². The third-order valence-electron chi connectivity index (χ3n) is 9.84. The van der Waals surface area contributed by atoms with Gasteiger partial charge in [0.1, 0.15) is 0 Å². The molecule has 0 spiro atoms. The monoisotopic (exact) mass is 997 g/mol. The summed E-state index contributed by atoms with van der Waals surface area (Å²) in [5.74, 6) is 7.28. The van der Waals surface area contributed by atoms with Gasteiger partial charge in [0.05, 0.1) is 8.07 Å². The molecular weight excluding hydrogens is 937 g/mol. The molecule has 293 valence electrons. The van der Waals surface area contributed by atoms with Crippen molar-refractivity contribution in [2.24, 2.45) is 10.8 Å². The van der Waals surface area contributed by atoms with Crippen molar-refractivity contribution in [1.29, 1.82) is 0 Å². The first-order valence-corrected chi connectivity index (χ1v) is 30.5. The van der Waals surface area contributed by atoms with Crippen molar-refractivity contribution in [1.82, 2.24) is 9.97 Å². The quantitative estimate of drug-likeness (QED) is 0.118. The van der Waals surface area contributed by atoms with Crippen molar-refractivity contribution in [3.05, 3.63) is 133 Å². The molecule has 0 aliphatic heterocycles. The molecule has 3 heterocycles. The Labute approximate surface area is 353 Å². The van der Waals surface area contributed by atoms with E-state index >= 15 is 0 Å². The molecule has 0 atom stereocenters. The molecule has 0 unspecified atom stereocenters. The van der Waals surface area contributed by atoms with Crippen molar-refractivity contribution >= 4 is 52.9 Å². The second kappa shape index (κ2) is 17.1. The molecule has 0 aliphatic carbocycles. The Bertz CT molecular complexity index is 2410. The number of nitrogens with zero attached hydrogens (tertiary/aromatic N) is 2. The molecule has 0 saturated carbocycles. The van der Waals surface area contributed by atoms with Crippen molar-refractivity contribution in [3.63, 3.8) is 0 Å². The summed E-state index contributed by atoms with van der Waals surface area (Å²) in [6.45, 7) is 20.9. The Hall–Kier alpha value is -3.61. The van der Waals surface area contributed by atoms with E-state index in [0.717, 1.165) is 57.3 Å². The van der Waals surface area contributed by atoms with E-state index in [2.05, 4.69) is 175 Å². The van der Waals surface area contributed by atoms with Crippen LogP contribution in [0.15, 0.2) is 114 Å². The number of rotatable bonds is 7. The molecule has 0 N–H and O–H groups in total. The Morgan fingerprint density at radius 3 is 2.00 bits per heavy atom. The fourth-order valence-corrected chi connectivity index (χ4v) is 11.2. The normalized spacial score (nSPS) is 12.3.